The number of aryl methyl sites for hydroxylation is 2. The number of aromatic nitrogens is 1. The highest BCUT2D eigenvalue weighted by atomic mass is 32.2. The van der Waals surface area contributed by atoms with Gasteiger partial charge in [-0.1, -0.05) is 25.5 Å². The molecule has 7 N–H and O–H groups in total. The molecule has 0 unspecified atom stereocenters. The van der Waals surface area contributed by atoms with Crippen LogP contribution in [0.5, 0.6) is 0 Å². The molecule has 0 aliphatic rings. The molecule has 1 aromatic carbocycles. The Balaban J connectivity index is 2.24. The van der Waals surface area contributed by atoms with Gasteiger partial charge in [-0.3, -0.25) is 24.6 Å². The number of H-pyrrole nitrogens is 1. The lowest BCUT2D eigenvalue weighted by Gasteiger charge is -2.14. The number of anilines is 1. The largest absolute Gasteiger partial charge is 0.368 e. The minimum Gasteiger partial charge on any atom is -0.368 e. The van der Waals surface area contributed by atoms with Gasteiger partial charge >= 0.3 is 0 Å². The number of rotatable bonds is 11. The Kier molecular flexibility index (Phi) is 8.79. The van der Waals surface area contributed by atoms with Crippen LogP contribution in [0.4, 0.5) is 5.69 Å². The Morgan fingerprint density at radius 1 is 1.28 bits per heavy atom. The van der Waals surface area contributed by atoms with Gasteiger partial charge in [0.1, 0.15) is 5.69 Å². The number of pyridine rings is 1. The molecule has 2 aromatic rings. The van der Waals surface area contributed by atoms with E-state index in [1.165, 1.54) is 12.1 Å². The van der Waals surface area contributed by atoms with Crippen LogP contribution in [0.3, 0.4) is 0 Å². The number of carbonyl (C=O) groups excluding carboxylic acids is 1. The van der Waals surface area contributed by atoms with Crippen molar-refractivity contribution in [2.75, 3.05) is 17.9 Å². The molecular weight excluding hydrogens is 436 g/mol. The summed E-state index contributed by atoms with van der Waals surface area (Å²) < 4.78 is 28.0. The standard InChI is InChI=1S/C20H28N6O5S/c1-3-5-15-11-14(12-17(27)23-8-9-31-25-20(21)22)18(19(28)24-15)26-32(29,30)16-7-4-6-13(2)10-16/h4,6-7,10-11,26H,3,5,8-9,12H2,1-2H3,(H,23,27)(H,24,28)(H4,21,22,25). The summed E-state index contributed by atoms with van der Waals surface area (Å²) in [5, 5.41) is 9.57. The van der Waals surface area contributed by atoms with E-state index in [-0.39, 0.29) is 41.7 Å². The molecule has 0 bridgehead atoms. The third-order valence-electron chi connectivity index (χ3n) is 4.29. The van der Waals surface area contributed by atoms with Crippen molar-refractivity contribution < 1.29 is 18.0 Å². The summed E-state index contributed by atoms with van der Waals surface area (Å²) in [6.45, 7) is 3.87. The van der Waals surface area contributed by atoms with Gasteiger partial charge in [-0.15, -0.1) is 0 Å². The number of hydrogen-bond acceptors (Lipinski definition) is 6. The van der Waals surface area contributed by atoms with E-state index in [9.17, 15) is 18.0 Å². The van der Waals surface area contributed by atoms with E-state index < -0.39 is 21.5 Å². The number of benzene rings is 1. The van der Waals surface area contributed by atoms with Crippen LogP contribution in [-0.2, 0) is 32.5 Å². The number of hydrogen-bond donors (Lipinski definition) is 6. The molecule has 0 radical (unpaired) electrons. The number of hydroxylamine groups is 1. The normalized spacial score (nSPS) is 11.1. The van der Waals surface area contributed by atoms with E-state index >= 15 is 0 Å². The Labute approximate surface area is 186 Å². The maximum Gasteiger partial charge on any atom is 0.272 e. The van der Waals surface area contributed by atoms with Crippen LogP contribution in [-0.4, -0.2) is 38.4 Å². The molecule has 0 spiro atoms. The van der Waals surface area contributed by atoms with Gasteiger partial charge in [-0.05, 0) is 42.7 Å². The number of sulfonamides is 1. The van der Waals surface area contributed by atoms with Crippen molar-refractivity contribution in [3.63, 3.8) is 0 Å². The highest BCUT2D eigenvalue weighted by molar-refractivity contribution is 7.92. The average molecular weight is 465 g/mol. The molecule has 1 heterocycles. The summed E-state index contributed by atoms with van der Waals surface area (Å²) in [5.41, 5.74) is 8.01. The SMILES string of the molecule is CCCc1cc(CC(=O)NCCONC(=N)N)c(NS(=O)(=O)c2cccc(C)c2)c(=O)[nH]1. The van der Waals surface area contributed by atoms with E-state index in [0.717, 1.165) is 12.0 Å². The Bertz CT molecular complexity index is 1130. The molecule has 0 aliphatic heterocycles. The van der Waals surface area contributed by atoms with Crippen LogP contribution in [0.15, 0.2) is 40.0 Å². The number of amides is 1. The maximum absolute atomic E-state index is 12.8. The van der Waals surface area contributed by atoms with E-state index in [1.807, 2.05) is 6.92 Å². The van der Waals surface area contributed by atoms with E-state index in [0.29, 0.717) is 12.1 Å². The van der Waals surface area contributed by atoms with Crippen molar-refractivity contribution in [3.05, 3.63) is 57.5 Å². The zero-order valence-corrected chi connectivity index (χ0v) is 18.8. The highest BCUT2D eigenvalue weighted by Gasteiger charge is 2.20. The molecule has 12 heteroatoms. The fourth-order valence-electron chi connectivity index (χ4n) is 2.91. The first-order chi connectivity index (χ1) is 15.1. The lowest BCUT2D eigenvalue weighted by molar-refractivity contribution is -0.120. The first-order valence-corrected chi connectivity index (χ1v) is 11.4. The number of aromatic amines is 1. The van der Waals surface area contributed by atoms with Gasteiger partial charge in [0, 0.05) is 12.2 Å². The molecule has 0 atom stereocenters. The van der Waals surface area contributed by atoms with E-state index in [1.54, 1.807) is 25.1 Å². The number of nitrogens with two attached hydrogens (primary N) is 1. The Hall–Kier alpha value is -3.38. The van der Waals surface area contributed by atoms with Crippen molar-refractivity contribution in [3.8, 4) is 0 Å². The van der Waals surface area contributed by atoms with Gasteiger partial charge < -0.3 is 16.0 Å². The van der Waals surface area contributed by atoms with Gasteiger partial charge in [0.2, 0.25) is 11.9 Å². The van der Waals surface area contributed by atoms with Crippen molar-refractivity contribution >= 4 is 27.6 Å². The van der Waals surface area contributed by atoms with E-state index in [4.69, 9.17) is 16.0 Å². The topological polar surface area (TPSA) is 179 Å². The molecule has 0 saturated heterocycles. The van der Waals surface area contributed by atoms with Crippen LogP contribution in [0.1, 0.15) is 30.2 Å². The molecule has 0 fully saturated rings. The zero-order valence-electron chi connectivity index (χ0n) is 17.9. The third kappa shape index (κ3) is 7.39. The highest BCUT2D eigenvalue weighted by Crippen LogP contribution is 2.19. The zero-order chi connectivity index (χ0) is 23.7. The lowest BCUT2D eigenvalue weighted by atomic mass is 10.1. The molecular formula is C20H28N6O5S. The fraction of sp³-hybridized carbons (Fsp3) is 0.350. The number of carbonyl (C=O) groups is 1. The summed E-state index contributed by atoms with van der Waals surface area (Å²) in [6, 6.07) is 7.90. The van der Waals surface area contributed by atoms with Crippen LogP contribution in [0, 0.1) is 12.3 Å². The van der Waals surface area contributed by atoms with Crippen LogP contribution >= 0.6 is 0 Å². The molecule has 2 rings (SSSR count). The monoisotopic (exact) mass is 464 g/mol. The van der Waals surface area contributed by atoms with Gasteiger partial charge in [0.25, 0.3) is 15.6 Å². The summed E-state index contributed by atoms with van der Waals surface area (Å²) in [7, 11) is -4.04. The van der Waals surface area contributed by atoms with Gasteiger partial charge in [0.05, 0.1) is 17.9 Å². The number of nitrogens with one attached hydrogen (secondary N) is 5. The molecule has 0 saturated carbocycles. The Morgan fingerprint density at radius 3 is 2.69 bits per heavy atom. The molecule has 32 heavy (non-hydrogen) atoms. The van der Waals surface area contributed by atoms with Crippen molar-refractivity contribution in [1.29, 1.82) is 5.41 Å². The lowest BCUT2D eigenvalue weighted by Crippen LogP contribution is -2.35. The number of guanidine groups is 1. The minimum atomic E-state index is -4.04. The summed E-state index contributed by atoms with van der Waals surface area (Å²) in [6.07, 6.45) is 1.11. The second-order valence-corrected chi connectivity index (χ2v) is 8.77. The Morgan fingerprint density at radius 2 is 2.03 bits per heavy atom. The van der Waals surface area contributed by atoms with Crippen LogP contribution in [0.2, 0.25) is 0 Å². The summed E-state index contributed by atoms with van der Waals surface area (Å²) in [4.78, 5) is 32.6. The van der Waals surface area contributed by atoms with Crippen molar-refractivity contribution in [2.45, 2.75) is 38.0 Å². The second-order valence-electron chi connectivity index (χ2n) is 7.09. The first-order valence-electron chi connectivity index (χ1n) is 9.95. The van der Waals surface area contributed by atoms with Gasteiger partial charge in [-0.25, -0.2) is 13.9 Å². The molecule has 174 valence electrons. The van der Waals surface area contributed by atoms with Gasteiger partial charge in [0.15, 0.2) is 0 Å². The van der Waals surface area contributed by atoms with Crippen LogP contribution in [0.25, 0.3) is 0 Å². The summed E-state index contributed by atoms with van der Waals surface area (Å²) >= 11 is 0. The average Bonchev–Trinajstić information content (AvgIpc) is 2.70. The second kappa shape index (κ2) is 11.3. The first kappa shape index (κ1) is 24.9. The quantitative estimate of drug-likeness (QED) is 0.121. The molecule has 11 nitrogen and oxygen atoms in total. The van der Waals surface area contributed by atoms with Crippen LogP contribution < -0.4 is 26.8 Å². The predicted molar refractivity (Wildman–Crippen MR) is 121 cm³/mol. The fourth-order valence-corrected chi connectivity index (χ4v) is 4.12. The third-order valence-corrected chi connectivity index (χ3v) is 5.63. The van der Waals surface area contributed by atoms with Gasteiger partial charge in [-0.2, -0.15) is 0 Å². The minimum absolute atomic E-state index is 0.0139. The van der Waals surface area contributed by atoms with Crippen molar-refractivity contribution in [2.24, 2.45) is 5.73 Å². The summed E-state index contributed by atoms with van der Waals surface area (Å²) in [5.74, 6) is -0.797. The predicted octanol–water partition coefficient (Wildman–Crippen LogP) is 0.510. The maximum atomic E-state index is 12.8. The van der Waals surface area contributed by atoms with Crippen molar-refractivity contribution in [1.82, 2.24) is 15.8 Å². The smallest absolute Gasteiger partial charge is 0.272 e. The molecule has 1 amide bonds. The van der Waals surface area contributed by atoms with E-state index in [2.05, 4.69) is 20.5 Å². The molecule has 1 aromatic heterocycles. The molecule has 0 aliphatic carbocycles.